The van der Waals surface area contributed by atoms with Crippen molar-refractivity contribution < 1.29 is 57.1 Å². The van der Waals surface area contributed by atoms with Crippen LogP contribution in [-0.4, -0.2) is 70.0 Å². The molecule has 17 heavy (non-hydrogen) atoms. The van der Waals surface area contributed by atoms with E-state index in [9.17, 15) is 16.8 Å². The Bertz CT molecular complexity index is 433. The van der Waals surface area contributed by atoms with Crippen LogP contribution in [0, 0.1) is 0 Å². The van der Waals surface area contributed by atoms with Gasteiger partial charge in [0.25, 0.3) is 10.1 Å². The summed E-state index contributed by atoms with van der Waals surface area (Å²) in [4.78, 5) is 1.49. The van der Waals surface area contributed by atoms with E-state index in [0.29, 0.717) is 26.3 Å². The molecule has 1 aliphatic heterocycles. The van der Waals surface area contributed by atoms with Gasteiger partial charge in [0.05, 0.1) is 13.2 Å². The number of hydrogen-bond donors (Lipinski definition) is 1. The summed E-state index contributed by atoms with van der Waals surface area (Å²) < 4.78 is 58.2. The summed E-state index contributed by atoms with van der Waals surface area (Å²) in [5.41, 5.74) is 0. The van der Waals surface area contributed by atoms with Crippen molar-refractivity contribution in [2.45, 2.75) is 5.37 Å². The van der Waals surface area contributed by atoms with Crippen LogP contribution in [0.1, 0.15) is 1.43 Å². The molecule has 0 spiro atoms. The summed E-state index contributed by atoms with van der Waals surface area (Å²) in [5, 5.41) is -1.20. The van der Waals surface area contributed by atoms with Gasteiger partial charge in [0, 0.05) is 19.3 Å². The normalized spacial score (nSPS) is 20.6. The Morgan fingerprint density at radius 2 is 1.76 bits per heavy atom. The van der Waals surface area contributed by atoms with Gasteiger partial charge < -0.3 is 6.16 Å². The first-order valence-corrected chi connectivity index (χ1v) is 8.22. The van der Waals surface area contributed by atoms with E-state index < -0.39 is 31.1 Å². The SMILES string of the molecule is CS(=O)(=O)C(CS(=O)(=O)O)N1CCOCC1.[H-].[Na+]. The molecule has 0 amide bonds. The number of sulfone groups is 1. The van der Waals surface area contributed by atoms with Crippen molar-refractivity contribution in [3.63, 3.8) is 0 Å². The molecule has 0 saturated carbocycles. The van der Waals surface area contributed by atoms with Gasteiger partial charge in [-0.3, -0.25) is 9.45 Å². The molecule has 1 unspecified atom stereocenters. The van der Waals surface area contributed by atoms with E-state index in [-0.39, 0.29) is 31.0 Å². The second kappa shape index (κ2) is 6.80. The Morgan fingerprint density at radius 3 is 2.12 bits per heavy atom. The maximum atomic E-state index is 11.5. The quantitative estimate of drug-likeness (QED) is 0.414. The molecule has 0 aliphatic carbocycles. The summed E-state index contributed by atoms with van der Waals surface area (Å²) in [6.45, 7) is 1.40. The van der Waals surface area contributed by atoms with Gasteiger partial charge in [-0.05, 0) is 0 Å². The average molecular weight is 297 g/mol. The van der Waals surface area contributed by atoms with Gasteiger partial charge in [-0.2, -0.15) is 8.42 Å². The second-order valence-corrected chi connectivity index (χ2v) is 7.38. The monoisotopic (exact) mass is 297 g/mol. The maximum Gasteiger partial charge on any atom is 1.00 e. The van der Waals surface area contributed by atoms with E-state index in [1.165, 1.54) is 4.90 Å². The minimum atomic E-state index is -4.32. The summed E-state index contributed by atoms with van der Waals surface area (Å²) in [6.07, 6.45) is 0.957. The van der Waals surface area contributed by atoms with E-state index >= 15 is 0 Å². The third-order valence-corrected chi connectivity index (χ3v) is 4.70. The molecule has 1 fully saturated rings. The average Bonchev–Trinajstić information content (AvgIpc) is 2.13. The molecule has 7 nitrogen and oxygen atoms in total. The molecule has 10 heteroatoms. The van der Waals surface area contributed by atoms with Crippen LogP contribution < -0.4 is 29.6 Å². The zero-order valence-electron chi connectivity index (χ0n) is 10.9. The van der Waals surface area contributed by atoms with Gasteiger partial charge in [-0.15, -0.1) is 0 Å². The third-order valence-electron chi connectivity index (χ3n) is 2.30. The molecule has 0 bridgehead atoms. The molecule has 0 aromatic carbocycles. The summed E-state index contributed by atoms with van der Waals surface area (Å²) in [5.74, 6) is -0.800. The van der Waals surface area contributed by atoms with Crippen LogP contribution in [0.5, 0.6) is 0 Å². The number of ether oxygens (including phenoxy) is 1. The molecule has 1 saturated heterocycles. The number of nitrogens with zero attached hydrogens (tertiary/aromatic N) is 1. The molecule has 1 atom stereocenters. The van der Waals surface area contributed by atoms with Crippen LogP contribution >= 0.6 is 0 Å². The van der Waals surface area contributed by atoms with Gasteiger partial charge >= 0.3 is 29.6 Å². The van der Waals surface area contributed by atoms with Crippen molar-refractivity contribution in [1.82, 2.24) is 4.90 Å². The van der Waals surface area contributed by atoms with Crippen LogP contribution in [0.25, 0.3) is 0 Å². The summed E-state index contributed by atoms with van der Waals surface area (Å²) >= 11 is 0. The van der Waals surface area contributed by atoms with Crippen molar-refractivity contribution in [2.24, 2.45) is 0 Å². The molecule has 1 N–H and O–H groups in total. The van der Waals surface area contributed by atoms with E-state index in [0.717, 1.165) is 6.26 Å². The van der Waals surface area contributed by atoms with Crippen molar-refractivity contribution >= 4 is 20.0 Å². The summed E-state index contributed by atoms with van der Waals surface area (Å²) in [6, 6.07) is 0. The van der Waals surface area contributed by atoms with Gasteiger partial charge in [0.15, 0.2) is 9.84 Å². The van der Waals surface area contributed by atoms with Crippen LogP contribution in [0.3, 0.4) is 0 Å². The van der Waals surface area contributed by atoms with Crippen LogP contribution in [0.15, 0.2) is 0 Å². The first-order valence-electron chi connectivity index (χ1n) is 4.66. The van der Waals surface area contributed by atoms with Crippen LogP contribution in [0.4, 0.5) is 0 Å². The molecule has 98 valence electrons. The Balaban J connectivity index is 0. The predicted molar refractivity (Wildman–Crippen MR) is 58.6 cm³/mol. The Kier molecular flexibility index (Phi) is 7.12. The molecule has 0 aromatic heterocycles. The zero-order valence-corrected chi connectivity index (χ0v) is 13.5. The number of rotatable bonds is 4. The largest absolute Gasteiger partial charge is 1.00 e. The van der Waals surface area contributed by atoms with E-state index in [4.69, 9.17) is 9.29 Å². The zero-order chi connectivity index (χ0) is 12.4. The molecule has 1 heterocycles. The van der Waals surface area contributed by atoms with Crippen molar-refractivity contribution in [2.75, 3.05) is 38.3 Å². The number of hydrogen-bond acceptors (Lipinski definition) is 6. The van der Waals surface area contributed by atoms with E-state index in [1.54, 1.807) is 0 Å². The molecule has 0 aromatic rings. The second-order valence-electron chi connectivity index (χ2n) is 3.68. The van der Waals surface area contributed by atoms with E-state index in [1.807, 2.05) is 0 Å². The Hall–Kier alpha value is 0.780. The first-order chi connectivity index (χ1) is 7.20. The molecule has 0 radical (unpaired) electrons. The van der Waals surface area contributed by atoms with Crippen molar-refractivity contribution in [3.8, 4) is 0 Å². The fourth-order valence-corrected chi connectivity index (χ4v) is 4.37. The first kappa shape index (κ1) is 17.8. The molecular weight excluding hydrogens is 281 g/mol. The van der Waals surface area contributed by atoms with Crippen LogP contribution in [0.2, 0.25) is 0 Å². The van der Waals surface area contributed by atoms with Crippen molar-refractivity contribution in [1.29, 1.82) is 0 Å². The minimum absolute atomic E-state index is 0. The minimum Gasteiger partial charge on any atom is -1.00 e. The van der Waals surface area contributed by atoms with Crippen LogP contribution in [-0.2, 0) is 24.7 Å². The maximum absolute atomic E-state index is 11.5. The fourth-order valence-electron chi connectivity index (χ4n) is 1.55. The fraction of sp³-hybridized carbons (Fsp3) is 1.00. The summed E-state index contributed by atoms with van der Waals surface area (Å²) in [7, 11) is -7.88. The third kappa shape index (κ3) is 6.48. The van der Waals surface area contributed by atoms with Gasteiger partial charge in [0.2, 0.25) is 0 Å². The van der Waals surface area contributed by atoms with Gasteiger partial charge in [0.1, 0.15) is 11.1 Å². The smallest absolute Gasteiger partial charge is 1.00 e. The van der Waals surface area contributed by atoms with Crippen molar-refractivity contribution in [3.05, 3.63) is 0 Å². The number of morpholine rings is 1. The molecule has 1 aliphatic rings. The predicted octanol–water partition coefficient (Wildman–Crippen LogP) is -4.31. The van der Waals surface area contributed by atoms with E-state index in [2.05, 4.69) is 0 Å². The molecule has 1 rings (SSSR count). The van der Waals surface area contributed by atoms with Gasteiger partial charge in [-0.1, -0.05) is 0 Å². The Labute approximate surface area is 125 Å². The standard InChI is InChI=1S/C7H15NO6S2.Na.H/c1-15(9,10)7(6-16(11,12)13)8-2-4-14-5-3-8;;/h7H,2-6H2,1H3,(H,11,12,13);;/q;+1;-1. The topological polar surface area (TPSA) is 101 Å². The van der Waals surface area contributed by atoms with Gasteiger partial charge in [-0.25, -0.2) is 8.42 Å². The Morgan fingerprint density at radius 1 is 1.29 bits per heavy atom. The molecular formula is C7H16NNaO6S2.